The Morgan fingerprint density at radius 1 is 1.17 bits per heavy atom. The monoisotopic (exact) mass is 334 g/mol. The molecule has 0 aliphatic carbocycles. The molecule has 1 aromatic rings. The molecule has 134 valence electrons. The number of aliphatic hydroxyl groups excluding tert-OH is 1. The van der Waals surface area contributed by atoms with Gasteiger partial charge in [0.15, 0.2) is 0 Å². The largest absolute Gasteiger partial charge is 0.380 e. The minimum atomic E-state index is -0.700. The van der Waals surface area contributed by atoms with Crippen LogP contribution in [0, 0.1) is 11.8 Å². The van der Waals surface area contributed by atoms with E-state index in [-0.39, 0.29) is 12.9 Å². The molecule has 0 aromatic heterocycles. The van der Waals surface area contributed by atoms with Gasteiger partial charge in [0.1, 0.15) is 19.5 Å². The van der Waals surface area contributed by atoms with E-state index in [9.17, 15) is 5.11 Å². The molecular formula is C20H30O4. The van der Waals surface area contributed by atoms with E-state index in [4.69, 9.17) is 14.2 Å². The number of hydrogen-bond donors (Lipinski definition) is 1. The van der Waals surface area contributed by atoms with Gasteiger partial charge in [-0.15, -0.1) is 0 Å². The maximum Gasteiger partial charge on any atom is 0.146 e. The fraction of sp³-hybridized carbons (Fsp3) is 0.600. The molecule has 0 fully saturated rings. The highest BCUT2D eigenvalue weighted by molar-refractivity contribution is 5.13. The molecule has 4 heteroatoms. The third-order valence-corrected chi connectivity index (χ3v) is 3.59. The van der Waals surface area contributed by atoms with Crippen LogP contribution in [0.15, 0.2) is 30.3 Å². The van der Waals surface area contributed by atoms with Crippen LogP contribution in [0.1, 0.15) is 44.6 Å². The van der Waals surface area contributed by atoms with Crippen molar-refractivity contribution in [1.29, 1.82) is 0 Å². The zero-order valence-electron chi connectivity index (χ0n) is 14.9. The first-order valence-corrected chi connectivity index (χ1v) is 8.65. The Bertz CT molecular complexity index is 464. The SMILES string of the molecule is CCCCC[C@@H](C[C@@H](O)C#CCOCc1ccccc1)OCOC. The molecule has 1 rings (SSSR count). The lowest BCUT2D eigenvalue weighted by Gasteiger charge is -2.18. The van der Waals surface area contributed by atoms with E-state index < -0.39 is 6.10 Å². The van der Waals surface area contributed by atoms with Crippen LogP contribution >= 0.6 is 0 Å². The number of ether oxygens (including phenoxy) is 3. The Morgan fingerprint density at radius 2 is 1.96 bits per heavy atom. The molecule has 0 unspecified atom stereocenters. The first-order valence-electron chi connectivity index (χ1n) is 8.65. The van der Waals surface area contributed by atoms with Crippen LogP contribution in [-0.2, 0) is 20.8 Å². The minimum absolute atomic E-state index is 0.0222. The minimum Gasteiger partial charge on any atom is -0.380 e. The van der Waals surface area contributed by atoms with Crippen molar-refractivity contribution in [2.45, 2.75) is 57.8 Å². The van der Waals surface area contributed by atoms with Crippen molar-refractivity contribution in [3.8, 4) is 11.8 Å². The molecule has 0 aliphatic rings. The second-order valence-electron chi connectivity index (χ2n) is 5.74. The molecule has 0 heterocycles. The second kappa shape index (κ2) is 14.0. The van der Waals surface area contributed by atoms with Gasteiger partial charge in [-0.2, -0.15) is 0 Å². The molecule has 0 spiro atoms. The van der Waals surface area contributed by atoms with Gasteiger partial charge in [-0.05, 0) is 12.0 Å². The van der Waals surface area contributed by atoms with Crippen LogP contribution in [0.2, 0.25) is 0 Å². The van der Waals surface area contributed by atoms with Gasteiger partial charge in [0, 0.05) is 13.5 Å². The molecule has 0 aliphatic heterocycles. The summed E-state index contributed by atoms with van der Waals surface area (Å²) >= 11 is 0. The van der Waals surface area contributed by atoms with Gasteiger partial charge in [-0.25, -0.2) is 0 Å². The van der Waals surface area contributed by atoms with Crippen LogP contribution in [0.5, 0.6) is 0 Å². The molecule has 0 saturated carbocycles. The lowest BCUT2D eigenvalue weighted by molar-refractivity contribution is -0.0837. The lowest BCUT2D eigenvalue weighted by atomic mass is 10.0. The molecule has 4 nitrogen and oxygen atoms in total. The average Bonchev–Trinajstić information content (AvgIpc) is 2.60. The summed E-state index contributed by atoms with van der Waals surface area (Å²) in [6.45, 7) is 3.26. The Labute approximate surface area is 146 Å². The second-order valence-corrected chi connectivity index (χ2v) is 5.74. The third-order valence-electron chi connectivity index (χ3n) is 3.59. The summed E-state index contributed by atoms with van der Waals surface area (Å²) < 4.78 is 16.1. The highest BCUT2D eigenvalue weighted by Gasteiger charge is 2.13. The van der Waals surface area contributed by atoms with Crippen molar-refractivity contribution < 1.29 is 19.3 Å². The van der Waals surface area contributed by atoms with E-state index in [2.05, 4.69) is 18.8 Å². The van der Waals surface area contributed by atoms with Crippen molar-refractivity contribution >= 4 is 0 Å². The topological polar surface area (TPSA) is 47.9 Å². The van der Waals surface area contributed by atoms with Gasteiger partial charge in [0.25, 0.3) is 0 Å². The van der Waals surface area contributed by atoms with Crippen molar-refractivity contribution in [3.63, 3.8) is 0 Å². The molecule has 2 atom stereocenters. The Kier molecular flexibility index (Phi) is 12.1. The fourth-order valence-electron chi connectivity index (χ4n) is 2.32. The summed E-state index contributed by atoms with van der Waals surface area (Å²) in [5.41, 5.74) is 1.11. The predicted molar refractivity (Wildman–Crippen MR) is 95.4 cm³/mol. The van der Waals surface area contributed by atoms with Gasteiger partial charge in [-0.1, -0.05) is 68.4 Å². The van der Waals surface area contributed by atoms with Crippen LogP contribution in [0.4, 0.5) is 0 Å². The van der Waals surface area contributed by atoms with Crippen molar-refractivity contribution in [2.24, 2.45) is 0 Å². The van der Waals surface area contributed by atoms with Gasteiger partial charge in [0.2, 0.25) is 0 Å². The molecule has 0 radical (unpaired) electrons. The predicted octanol–water partition coefficient (Wildman–Crippen LogP) is 3.53. The van der Waals surface area contributed by atoms with E-state index in [1.807, 2.05) is 30.3 Å². The summed E-state index contributed by atoms with van der Waals surface area (Å²) in [5, 5.41) is 10.0. The number of rotatable bonds is 12. The zero-order chi connectivity index (χ0) is 17.5. The van der Waals surface area contributed by atoms with Crippen LogP contribution in [0.25, 0.3) is 0 Å². The van der Waals surface area contributed by atoms with Gasteiger partial charge in [0.05, 0.1) is 12.7 Å². The number of methoxy groups -OCH3 is 1. The molecule has 1 aromatic carbocycles. The smallest absolute Gasteiger partial charge is 0.146 e. The van der Waals surface area contributed by atoms with Crippen molar-refractivity contribution in [1.82, 2.24) is 0 Å². The molecule has 0 amide bonds. The van der Waals surface area contributed by atoms with Crippen LogP contribution in [0.3, 0.4) is 0 Å². The van der Waals surface area contributed by atoms with Gasteiger partial charge in [-0.3, -0.25) is 0 Å². The van der Waals surface area contributed by atoms with E-state index in [1.54, 1.807) is 7.11 Å². The van der Waals surface area contributed by atoms with Crippen LogP contribution in [-0.4, -0.2) is 37.8 Å². The van der Waals surface area contributed by atoms with Crippen molar-refractivity contribution in [3.05, 3.63) is 35.9 Å². The normalized spacial score (nSPS) is 13.1. The summed E-state index contributed by atoms with van der Waals surface area (Å²) in [6, 6.07) is 9.95. The van der Waals surface area contributed by atoms with E-state index in [1.165, 1.54) is 6.42 Å². The molecule has 1 N–H and O–H groups in total. The fourth-order valence-corrected chi connectivity index (χ4v) is 2.32. The quantitative estimate of drug-likeness (QED) is 0.361. The summed E-state index contributed by atoms with van der Waals surface area (Å²) in [4.78, 5) is 0. The standard InChI is InChI=1S/C20H30O4/c1-3-4-6-13-20(24-17-22-2)15-19(21)12-9-14-23-16-18-10-7-5-8-11-18/h5,7-8,10-11,19-21H,3-4,6,13-17H2,1-2H3/t19-,20-/m0/s1. The van der Waals surface area contributed by atoms with E-state index >= 15 is 0 Å². The molecule has 0 saturated heterocycles. The highest BCUT2D eigenvalue weighted by atomic mass is 16.7. The number of unbranched alkanes of at least 4 members (excludes halogenated alkanes) is 2. The maximum atomic E-state index is 10.0. The van der Waals surface area contributed by atoms with Gasteiger partial charge >= 0.3 is 0 Å². The summed E-state index contributed by atoms with van der Waals surface area (Å²) in [5.74, 6) is 5.70. The summed E-state index contributed by atoms with van der Waals surface area (Å²) in [6.07, 6.45) is 4.12. The van der Waals surface area contributed by atoms with Crippen molar-refractivity contribution in [2.75, 3.05) is 20.5 Å². The summed E-state index contributed by atoms with van der Waals surface area (Å²) in [7, 11) is 1.60. The number of benzene rings is 1. The Morgan fingerprint density at radius 3 is 2.67 bits per heavy atom. The van der Waals surface area contributed by atoms with Crippen LogP contribution < -0.4 is 0 Å². The molecule has 0 bridgehead atoms. The van der Waals surface area contributed by atoms with Gasteiger partial charge < -0.3 is 19.3 Å². The van der Waals surface area contributed by atoms with E-state index in [0.717, 1.165) is 24.8 Å². The molecular weight excluding hydrogens is 304 g/mol. The lowest BCUT2D eigenvalue weighted by Crippen LogP contribution is -2.21. The van der Waals surface area contributed by atoms with E-state index in [0.29, 0.717) is 19.6 Å². The number of aliphatic hydroxyl groups is 1. The average molecular weight is 334 g/mol. The highest BCUT2D eigenvalue weighted by Crippen LogP contribution is 2.12. The number of hydrogen-bond acceptors (Lipinski definition) is 4. The first kappa shape index (κ1) is 20.7. The zero-order valence-corrected chi connectivity index (χ0v) is 14.9. The molecule has 24 heavy (non-hydrogen) atoms. The Hall–Kier alpha value is -1.38. The third kappa shape index (κ3) is 10.4. The first-order chi connectivity index (χ1) is 11.8. The maximum absolute atomic E-state index is 10.0. The Balaban J connectivity index is 2.26.